The van der Waals surface area contributed by atoms with E-state index in [1.54, 1.807) is 0 Å². The normalized spacial score (nSPS) is 22.2. The van der Waals surface area contributed by atoms with Gasteiger partial charge in [0.1, 0.15) is 5.82 Å². The number of aliphatic hydroxyl groups is 1. The number of nitrogens with zero attached hydrogens (tertiary/aromatic N) is 2. The zero-order chi connectivity index (χ0) is 9.26. The highest BCUT2D eigenvalue weighted by atomic mass is 16.3. The number of H-pyrrole nitrogens is 1. The standard InChI is InChI=1S/C8H11N3O2/c12-6-1-2-11(4-6)7-3-8(13)10-5-9-7/h3,5-6,12H,1-2,4H2,(H,9,10,13)/t6-/m1/s1. The molecular formula is C8H11N3O2. The number of hydrogen-bond donors (Lipinski definition) is 2. The molecule has 5 heteroatoms. The molecule has 70 valence electrons. The predicted octanol–water partition coefficient (Wildman–Crippen LogP) is -0.659. The Balaban J connectivity index is 2.21. The number of anilines is 1. The predicted molar refractivity (Wildman–Crippen MR) is 47.7 cm³/mol. The van der Waals surface area contributed by atoms with E-state index < -0.39 is 0 Å². The van der Waals surface area contributed by atoms with Crippen LogP contribution >= 0.6 is 0 Å². The van der Waals surface area contributed by atoms with Crippen LogP contribution in [0.15, 0.2) is 17.2 Å². The summed E-state index contributed by atoms with van der Waals surface area (Å²) in [5.41, 5.74) is -0.161. The minimum atomic E-state index is -0.291. The lowest BCUT2D eigenvalue weighted by atomic mass is 10.3. The Kier molecular flexibility index (Phi) is 2.02. The fourth-order valence-electron chi connectivity index (χ4n) is 1.48. The van der Waals surface area contributed by atoms with E-state index in [2.05, 4.69) is 9.97 Å². The fraction of sp³-hybridized carbons (Fsp3) is 0.500. The quantitative estimate of drug-likeness (QED) is 0.603. The number of nitrogens with one attached hydrogen (secondary N) is 1. The number of rotatable bonds is 1. The molecule has 0 spiro atoms. The number of hydrogen-bond acceptors (Lipinski definition) is 4. The third kappa shape index (κ3) is 1.70. The summed E-state index contributed by atoms with van der Waals surface area (Å²) in [6.45, 7) is 1.33. The van der Waals surface area contributed by atoms with Crippen LogP contribution in [0.3, 0.4) is 0 Å². The molecule has 0 saturated carbocycles. The summed E-state index contributed by atoms with van der Waals surface area (Å²) < 4.78 is 0. The molecule has 1 aliphatic heterocycles. The molecule has 2 rings (SSSR count). The highest BCUT2D eigenvalue weighted by Crippen LogP contribution is 2.15. The van der Waals surface area contributed by atoms with Gasteiger partial charge in [-0.05, 0) is 6.42 Å². The van der Waals surface area contributed by atoms with E-state index in [1.807, 2.05) is 4.90 Å². The van der Waals surface area contributed by atoms with E-state index in [4.69, 9.17) is 0 Å². The van der Waals surface area contributed by atoms with E-state index in [1.165, 1.54) is 12.4 Å². The zero-order valence-electron chi connectivity index (χ0n) is 7.10. The van der Waals surface area contributed by atoms with Crippen LogP contribution in [-0.4, -0.2) is 34.3 Å². The van der Waals surface area contributed by atoms with Gasteiger partial charge in [0.2, 0.25) is 0 Å². The van der Waals surface area contributed by atoms with Crippen molar-refractivity contribution < 1.29 is 5.11 Å². The molecule has 1 aromatic heterocycles. The largest absolute Gasteiger partial charge is 0.391 e. The van der Waals surface area contributed by atoms with Gasteiger partial charge in [-0.15, -0.1) is 0 Å². The fourth-order valence-corrected chi connectivity index (χ4v) is 1.48. The monoisotopic (exact) mass is 181 g/mol. The van der Waals surface area contributed by atoms with Crippen LogP contribution in [0.5, 0.6) is 0 Å². The van der Waals surface area contributed by atoms with Gasteiger partial charge in [-0.1, -0.05) is 0 Å². The van der Waals surface area contributed by atoms with Crippen LogP contribution in [0.2, 0.25) is 0 Å². The summed E-state index contributed by atoms with van der Waals surface area (Å²) in [5.74, 6) is 0.639. The molecule has 13 heavy (non-hydrogen) atoms. The molecule has 2 heterocycles. The Morgan fingerprint density at radius 2 is 2.54 bits per heavy atom. The van der Waals surface area contributed by atoms with Crippen molar-refractivity contribution in [2.45, 2.75) is 12.5 Å². The Morgan fingerprint density at radius 3 is 3.15 bits per heavy atom. The van der Waals surface area contributed by atoms with Crippen molar-refractivity contribution in [2.75, 3.05) is 18.0 Å². The van der Waals surface area contributed by atoms with Crippen LogP contribution in [-0.2, 0) is 0 Å². The topological polar surface area (TPSA) is 69.2 Å². The first-order valence-corrected chi connectivity index (χ1v) is 4.23. The lowest BCUT2D eigenvalue weighted by Gasteiger charge is -2.14. The number of β-amino-alcohol motifs (C(OH)–C–C–N with tert-alkyl or cyclic N) is 1. The lowest BCUT2D eigenvalue weighted by molar-refractivity contribution is 0.198. The number of aromatic amines is 1. The maximum atomic E-state index is 10.9. The molecule has 2 N–H and O–H groups in total. The molecule has 1 aliphatic rings. The van der Waals surface area contributed by atoms with Gasteiger partial charge in [0.25, 0.3) is 5.56 Å². The summed E-state index contributed by atoms with van der Waals surface area (Å²) in [4.78, 5) is 19.3. The molecule has 1 fully saturated rings. The number of aliphatic hydroxyl groups excluding tert-OH is 1. The molecule has 0 aliphatic carbocycles. The van der Waals surface area contributed by atoms with Crippen molar-refractivity contribution >= 4 is 5.82 Å². The Labute approximate surface area is 75.0 Å². The second-order valence-corrected chi connectivity index (χ2v) is 3.16. The minimum absolute atomic E-state index is 0.161. The first-order valence-electron chi connectivity index (χ1n) is 4.23. The van der Waals surface area contributed by atoms with E-state index in [0.717, 1.165) is 13.0 Å². The van der Waals surface area contributed by atoms with Gasteiger partial charge in [0.15, 0.2) is 0 Å². The molecule has 5 nitrogen and oxygen atoms in total. The van der Waals surface area contributed by atoms with Gasteiger partial charge in [-0.25, -0.2) is 4.98 Å². The lowest BCUT2D eigenvalue weighted by Crippen LogP contribution is -2.23. The van der Waals surface area contributed by atoms with Crippen LogP contribution in [0.1, 0.15) is 6.42 Å². The smallest absolute Gasteiger partial charge is 0.252 e. The maximum Gasteiger partial charge on any atom is 0.252 e. The summed E-state index contributed by atoms with van der Waals surface area (Å²) >= 11 is 0. The van der Waals surface area contributed by atoms with Crippen molar-refractivity contribution in [3.05, 3.63) is 22.7 Å². The van der Waals surface area contributed by atoms with E-state index >= 15 is 0 Å². The molecule has 1 saturated heterocycles. The Bertz CT molecular complexity index is 349. The molecular weight excluding hydrogens is 170 g/mol. The van der Waals surface area contributed by atoms with Gasteiger partial charge in [0.05, 0.1) is 12.4 Å². The third-order valence-electron chi connectivity index (χ3n) is 2.15. The van der Waals surface area contributed by atoms with Crippen LogP contribution < -0.4 is 10.5 Å². The molecule has 0 unspecified atom stereocenters. The second kappa shape index (κ2) is 3.18. The van der Waals surface area contributed by atoms with Gasteiger partial charge in [-0.3, -0.25) is 4.79 Å². The zero-order valence-corrected chi connectivity index (χ0v) is 7.10. The minimum Gasteiger partial charge on any atom is -0.391 e. The van der Waals surface area contributed by atoms with Gasteiger partial charge >= 0.3 is 0 Å². The van der Waals surface area contributed by atoms with Crippen LogP contribution in [0.25, 0.3) is 0 Å². The highest BCUT2D eigenvalue weighted by Gasteiger charge is 2.21. The summed E-state index contributed by atoms with van der Waals surface area (Å²) in [6, 6.07) is 1.44. The Morgan fingerprint density at radius 1 is 1.69 bits per heavy atom. The van der Waals surface area contributed by atoms with Crippen LogP contribution in [0, 0.1) is 0 Å². The number of aromatic nitrogens is 2. The van der Waals surface area contributed by atoms with E-state index in [0.29, 0.717) is 12.4 Å². The molecule has 0 radical (unpaired) electrons. The van der Waals surface area contributed by atoms with E-state index in [9.17, 15) is 9.90 Å². The van der Waals surface area contributed by atoms with Crippen molar-refractivity contribution in [3.63, 3.8) is 0 Å². The third-order valence-corrected chi connectivity index (χ3v) is 2.15. The van der Waals surface area contributed by atoms with Gasteiger partial charge in [-0.2, -0.15) is 0 Å². The van der Waals surface area contributed by atoms with Crippen molar-refractivity contribution in [2.24, 2.45) is 0 Å². The summed E-state index contributed by atoms with van der Waals surface area (Å²) in [5, 5.41) is 9.27. The highest BCUT2D eigenvalue weighted by molar-refractivity contribution is 5.37. The van der Waals surface area contributed by atoms with E-state index in [-0.39, 0.29) is 11.7 Å². The first-order chi connectivity index (χ1) is 6.25. The first kappa shape index (κ1) is 8.25. The van der Waals surface area contributed by atoms with Crippen molar-refractivity contribution in [1.82, 2.24) is 9.97 Å². The van der Waals surface area contributed by atoms with Crippen LogP contribution in [0.4, 0.5) is 5.82 Å². The molecule has 1 atom stereocenters. The molecule has 0 aromatic carbocycles. The summed E-state index contributed by atoms with van der Waals surface area (Å²) in [7, 11) is 0. The molecule has 0 amide bonds. The SMILES string of the molecule is O=c1cc(N2CC[C@@H](O)C2)nc[nH]1. The average molecular weight is 181 g/mol. The second-order valence-electron chi connectivity index (χ2n) is 3.16. The summed E-state index contributed by atoms with van der Waals surface area (Å²) in [6.07, 6.45) is 1.83. The van der Waals surface area contributed by atoms with Gasteiger partial charge < -0.3 is 15.0 Å². The van der Waals surface area contributed by atoms with Crippen molar-refractivity contribution in [1.29, 1.82) is 0 Å². The van der Waals surface area contributed by atoms with Gasteiger partial charge in [0, 0.05) is 19.2 Å². The van der Waals surface area contributed by atoms with Crippen molar-refractivity contribution in [3.8, 4) is 0 Å². The maximum absolute atomic E-state index is 10.9. The molecule has 1 aromatic rings. The molecule has 0 bridgehead atoms. The Hall–Kier alpha value is -1.36. The average Bonchev–Trinajstić information content (AvgIpc) is 2.52.